The number of amides is 1. The standard InChI is InChI=1S/C36H36N2O7/c1-3-24-20-26(44-2)18-17-25(24)21-32(34(39)40)37-38(33(35(41)42)19-23-11-5-4-6-12-23)36(43)45-22-31-29-15-9-7-13-27(29)28-14-8-10-16-30(28)31/h4-18,20,31-33,37H,3,19,21-22H2,1-2H3,(H,39,40)(H,41,42)/t32-,33-/m0/s1. The number of rotatable bonds is 13. The Hall–Kier alpha value is -5.15. The van der Waals surface area contributed by atoms with E-state index in [9.17, 15) is 24.6 Å². The lowest BCUT2D eigenvalue weighted by molar-refractivity contribution is -0.148. The van der Waals surface area contributed by atoms with Gasteiger partial charge in [0, 0.05) is 18.8 Å². The molecule has 4 aromatic carbocycles. The van der Waals surface area contributed by atoms with Gasteiger partial charge < -0.3 is 19.7 Å². The van der Waals surface area contributed by atoms with Crippen molar-refractivity contribution in [1.29, 1.82) is 0 Å². The molecule has 2 atom stereocenters. The predicted molar refractivity (Wildman–Crippen MR) is 169 cm³/mol. The summed E-state index contributed by atoms with van der Waals surface area (Å²) in [7, 11) is 1.56. The summed E-state index contributed by atoms with van der Waals surface area (Å²) in [5.74, 6) is -2.16. The minimum Gasteiger partial charge on any atom is -0.497 e. The SMILES string of the molecule is CCc1cc(OC)ccc1C[C@H](NN(C(=O)OCC1c2ccccc2-c2ccccc21)[C@@H](Cc1ccccc1)C(=O)O)C(=O)O. The molecular weight excluding hydrogens is 572 g/mol. The van der Waals surface area contributed by atoms with Crippen LogP contribution in [0.5, 0.6) is 5.75 Å². The summed E-state index contributed by atoms with van der Waals surface area (Å²) in [6.07, 6.45) is -0.423. The summed E-state index contributed by atoms with van der Waals surface area (Å²) >= 11 is 0. The molecule has 0 saturated carbocycles. The van der Waals surface area contributed by atoms with Crippen LogP contribution in [-0.4, -0.2) is 59.1 Å². The van der Waals surface area contributed by atoms with Crippen LogP contribution in [0, 0.1) is 0 Å². The lowest BCUT2D eigenvalue weighted by Gasteiger charge is -2.32. The third kappa shape index (κ3) is 6.99. The van der Waals surface area contributed by atoms with Crippen molar-refractivity contribution in [3.63, 3.8) is 0 Å². The molecule has 3 N–H and O–H groups in total. The fourth-order valence-corrected chi connectivity index (χ4v) is 5.89. The first-order chi connectivity index (χ1) is 21.8. The molecule has 0 aliphatic heterocycles. The predicted octanol–water partition coefficient (Wildman–Crippen LogP) is 5.70. The summed E-state index contributed by atoms with van der Waals surface area (Å²) in [4.78, 5) is 39.1. The van der Waals surface area contributed by atoms with Crippen LogP contribution >= 0.6 is 0 Å². The van der Waals surface area contributed by atoms with Crippen molar-refractivity contribution in [1.82, 2.24) is 10.4 Å². The molecular formula is C36H36N2O7. The molecule has 0 bridgehead atoms. The monoisotopic (exact) mass is 608 g/mol. The number of methoxy groups -OCH3 is 1. The number of fused-ring (bicyclic) bond motifs is 3. The second-order valence-corrected chi connectivity index (χ2v) is 10.9. The van der Waals surface area contributed by atoms with E-state index >= 15 is 0 Å². The average molecular weight is 609 g/mol. The minimum absolute atomic E-state index is 0.00661. The van der Waals surface area contributed by atoms with Gasteiger partial charge in [-0.05, 0) is 57.5 Å². The summed E-state index contributed by atoms with van der Waals surface area (Å²) in [5, 5.41) is 21.4. The summed E-state index contributed by atoms with van der Waals surface area (Å²) in [6, 6.07) is 27.2. The molecule has 0 radical (unpaired) electrons. The number of benzene rings is 4. The maximum Gasteiger partial charge on any atom is 0.425 e. The highest BCUT2D eigenvalue weighted by Gasteiger charge is 2.36. The molecule has 9 nitrogen and oxygen atoms in total. The van der Waals surface area contributed by atoms with E-state index in [1.165, 1.54) is 0 Å². The van der Waals surface area contributed by atoms with Crippen molar-refractivity contribution in [2.24, 2.45) is 0 Å². The van der Waals surface area contributed by atoms with Crippen LogP contribution in [-0.2, 0) is 33.6 Å². The van der Waals surface area contributed by atoms with Crippen LogP contribution in [0.3, 0.4) is 0 Å². The number of nitrogens with zero attached hydrogens (tertiary/aromatic N) is 1. The number of carboxylic acid groups (broad SMARTS) is 2. The van der Waals surface area contributed by atoms with Gasteiger partial charge in [0.2, 0.25) is 0 Å². The number of carbonyl (C=O) groups excluding carboxylic acids is 1. The number of hydrogen-bond acceptors (Lipinski definition) is 6. The molecule has 45 heavy (non-hydrogen) atoms. The fraction of sp³-hybridized carbons (Fsp3) is 0.250. The molecule has 0 saturated heterocycles. The Bertz CT molecular complexity index is 1630. The van der Waals surface area contributed by atoms with Crippen LogP contribution < -0.4 is 10.2 Å². The lowest BCUT2D eigenvalue weighted by Crippen LogP contribution is -2.59. The first-order valence-corrected chi connectivity index (χ1v) is 14.9. The lowest BCUT2D eigenvalue weighted by atomic mass is 9.98. The molecule has 0 fully saturated rings. The van der Waals surface area contributed by atoms with E-state index in [-0.39, 0.29) is 25.4 Å². The highest BCUT2D eigenvalue weighted by Crippen LogP contribution is 2.44. The molecule has 232 valence electrons. The number of carbonyl (C=O) groups is 3. The van der Waals surface area contributed by atoms with Gasteiger partial charge in [0.15, 0.2) is 6.04 Å². The van der Waals surface area contributed by atoms with Crippen molar-refractivity contribution >= 4 is 18.0 Å². The Kier molecular flexibility index (Phi) is 9.79. The van der Waals surface area contributed by atoms with Gasteiger partial charge >= 0.3 is 18.0 Å². The highest BCUT2D eigenvalue weighted by atomic mass is 16.6. The summed E-state index contributed by atoms with van der Waals surface area (Å²) in [6.45, 7) is 1.89. The molecule has 0 spiro atoms. The van der Waals surface area contributed by atoms with E-state index in [4.69, 9.17) is 9.47 Å². The molecule has 0 heterocycles. The van der Waals surface area contributed by atoms with E-state index in [1.54, 1.807) is 43.5 Å². The highest BCUT2D eigenvalue weighted by molar-refractivity contribution is 5.82. The maximum atomic E-state index is 13.8. The second kappa shape index (κ2) is 14.1. The molecule has 1 aliphatic rings. The molecule has 9 heteroatoms. The van der Waals surface area contributed by atoms with Crippen molar-refractivity contribution in [3.05, 3.63) is 125 Å². The zero-order valence-electron chi connectivity index (χ0n) is 25.2. The Morgan fingerprint density at radius 3 is 2.00 bits per heavy atom. The molecule has 1 amide bonds. The van der Waals surface area contributed by atoms with E-state index in [1.807, 2.05) is 67.6 Å². The zero-order chi connectivity index (χ0) is 31.9. The number of carboxylic acids is 2. The number of hydrazine groups is 1. The second-order valence-electron chi connectivity index (χ2n) is 10.9. The van der Waals surface area contributed by atoms with Crippen LogP contribution in [0.25, 0.3) is 11.1 Å². The first-order valence-electron chi connectivity index (χ1n) is 14.9. The van der Waals surface area contributed by atoms with Crippen molar-refractivity contribution < 1.29 is 34.1 Å². The number of ether oxygens (including phenoxy) is 2. The molecule has 5 rings (SSSR count). The summed E-state index contributed by atoms with van der Waals surface area (Å²) < 4.78 is 11.1. The number of hydrogen-bond donors (Lipinski definition) is 3. The topological polar surface area (TPSA) is 125 Å². The Morgan fingerprint density at radius 1 is 0.800 bits per heavy atom. The van der Waals surface area contributed by atoms with Crippen LogP contribution in [0.2, 0.25) is 0 Å². The van der Waals surface area contributed by atoms with Gasteiger partial charge in [-0.2, -0.15) is 0 Å². The molecule has 1 aliphatic carbocycles. The third-order valence-electron chi connectivity index (χ3n) is 8.21. The normalized spacial score (nSPS) is 13.3. The molecule has 0 aromatic heterocycles. The minimum atomic E-state index is -1.45. The van der Waals surface area contributed by atoms with Gasteiger partial charge in [-0.25, -0.2) is 20.0 Å². The first kappa shape index (κ1) is 31.3. The third-order valence-corrected chi connectivity index (χ3v) is 8.21. The fourth-order valence-electron chi connectivity index (χ4n) is 5.89. The van der Waals surface area contributed by atoms with Gasteiger partial charge in [0.25, 0.3) is 0 Å². The number of aryl methyl sites for hydroxylation is 1. The zero-order valence-corrected chi connectivity index (χ0v) is 25.2. The smallest absolute Gasteiger partial charge is 0.425 e. The van der Waals surface area contributed by atoms with Gasteiger partial charge in [-0.15, -0.1) is 0 Å². The Labute approximate surface area is 262 Å². The van der Waals surface area contributed by atoms with Gasteiger partial charge in [0.1, 0.15) is 18.4 Å². The van der Waals surface area contributed by atoms with Crippen molar-refractivity contribution in [2.75, 3.05) is 13.7 Å². The van der Waals surface area contributed by atoms with Crippen molar-refractivity contribution in [2.45, 2.75) is 44.2 Å². The van der Waals surface area contributed by atoms with Gasteiger partial charge in [-0.3, -0.25) is 4.79 Å². The van der Waals surface area contributed by atoms with Gasteiger partial charge in [0.05, 0.1) is 7.11 Å². The Morgan fingerprint density at radius 2 is 1.42 bits per heavy atom. The average Bonchev–Trinajstić information content (AvgIpc) is 3.38. The van der Waals surface area contributed by atoms with E-state index in [2.05, 4.69) is 5.43 Å². The summed E-state index contributed by atoms with van der Waals surface area (Å²) in [5.41, 5.74) is 9.13. The Balaban J connectivity index is 1.44. The van der Waals surface area contributed by atoms with E-state index in [0.717, 1.165) is 38.4 Å². The van der Waals surface area contributed by atoms with Crippen LogP contribution in [0.15, 0.2) is 97.1 Å². The largest absolute Gasteiger partial charge is 0.497 e. The van der Waals surface area contributed by atoms with E-state index < -0.39 is 30.1 Å². The van der Waals surface area contributed by atoms with E-state index in [0.29, 0.717) is 17.7 Å². The quantitative estimate of drug-likeness (QED) is 0.165. The number of nitrogens with one attached hydrogen (secondary N) is 1. The van der Waals surface area contributed by atoms with Crippen LogP contribution in [0.1, 0.15) is 40.7 Å². The maximum absolute atomic E-state index is 13.8. The molecule has 0 unspecified atom stereocenters. The number of aliphatic carboxylic acids is 2. The van der Waals surface area contributed by atoms with Crippen LogP contribution in [0.4, 0.5) is 4.79 Å². The molecule has 4 aromatic rings. The van der Waals surface area contributed by atoms with Crippen molar-refractivity contribution in [3.8, 4) is 16.9 Å². The van der Waals surface area contributed by atoms with Gasteiger partial charge in [-0.1, -0.05) is 91.9 Å².